The number of hydrogen-bond acceptors (Lipinski definition) is 2. The van der Waals surface area contributed by atoms with Crippen LogP contribution in [-0.2, 0) is 0 Å². The van der Waals surface area contributed by atoms with Crippen LogP contribution in [-0.4, -0.2) is 7.11 Å². The highest BCUT2D eigenvalue weighted by atomic mass is 19.1. The number of hydrogen-bond donors (Lipinski definition) is 1. The summed E-state index contributed by atoms with van der Waals surface area (Å²) in [5.41, 5.74) is 2.22. The van der Waals surface area contributed by atoms with E-state index in [9.17, 15) is 4.39 Å². The highest BCUT2D eigenvalue weighted by Crippen LogP contribution is 2.28. The molecule has 0 heterocycles. The Morgan fingerprint density at radius 1 is 1.10 bits per heavy atom. The molecule has 0 amide bonds. The monoisotopic (exact) mass is 287 g/mol. The van der Waals surface area contributed by atoms with Crippen molar-refractivity contribution in [2.24, 2.45) is 0 Å². The van der Waals surface area contributed by atoms with Crippen LogP contribution in [0.25, 0.3) is 0 Å². The summed E-state index contributed by atoms with van der Waals surface area (Å²) in [5, 5.41) is 3.59. The first-order valence-electron chi connectivity index (χ1n) is 7.30. The summed E-state index contributed by atoms with van der Waals surface area (Å²) in [6.07, 6.45) is 0.936. The largest absolute Gasteiger partial charge is 0.496 e. The predicted molar refractivity (Wildman–Crippen MR) is 84.0 cm³/mol. The van der Waals surface area contributed by atoms with Crippen molar-refractivity contribution in [1.29, 1.82) is 0 Å². The van der Waals surface area contributed by atoms with Crippen molar-refractivity contribution in [3.63, 3.8) is 0 Å². The fourth-order valence-electron chi connectivity index (χ4n) is 2.56. The van der Waals surface area contributed by atoms with Crippen molar-refractivity contribution >= 4 is 0 Å². The number of ether oxygens (including phenoxy) is 1. The van der Waals surface area contributed by atoms with Gasteiger partial charge in [0.25, 0.3) is 0 Å². The van der Waals surface area contributed by atoms with Crippen LogP contribution in [0.4, 0.5) is 4.39 Å². The van der Waals surface area contributed by atoms with Crippen molar-refractivity contribution < 1.29 is 9.13 Å². The molecular weight excluding hydrogens is 265 g/mol. The van der Waals surface area contributed by atoms with Gasteiger partial charge < -0.3 is 10.1 Å². The average molecular weight is 287 g/mol. The zero-order valence-electron chi connectivity index (χ0n) is 12.8. The fraction of sp³-hybridized carbons (Fsp3) is 0.333. The summed E-state index contributed by atoms with van der Waals surface area (Å²) in [6.45, 7) is 4.24. The van der Waals surface area contributed by atoms with E-state index >= 15 is 0 Å². The first-order valence-corrected chi connectivity index (χ1v) is 7.30. The minimum absolute atomic E-state index is 0.149. The van der Waals surface area contributed by atoms with Crippen molar-refractivity contribution in [2.75, 3.05) is 7.11 Å². The standard InChI is InChI=1S/C18H22FNO/c1-4-17(14-9-11-15(19)12-10-14)20-13(2)16-7-5-6-8-18(16)21-3/h5-13,17,20H,4H2,1-3H3. The molecule has 0 bridgehead atoms. The van der Waals surface area contributed by atoms with Crippen molar-refractivity contribution in [3.05, 3.63) is 65.5 Å². The SMILES string of the molecule is CCC(NC(C)c1ccccc1OC)c1ccc(F)cc1. The molecule has 0 saturated heterocycles. The Kier molecular flexibility index (Phi) is 5.34. The van der Waals surface area contributed by atoms with Crippen LogP contribution in [0.1, 0.15) is 43.5 Å². The topological polar surface area (TPSA) is 21.3 Å². The van der Waals surface area contributed by atoms with Gasteiger partial charge in [0.15, 0.2) is 0 Å². The quantitative estimate of drug-likeness (QED) is 0.836. The zero-order chi connectivity index (χ0) is 15.2. The molecule has 0 aliphatic carbocycles. The van der Waals surface area contributed by atoms with E-state index in [-0.39, 0.29) is 17.9 Å². The highest BCUT2D eigenvalue weighted by Gasteiger charge is 2.16. The smallest absolute Gasteiger partial charge is 0.123 e. The second kappa shape index (κ2) is 7.23. The number of methoxy groups -OCH3 is 1. The van der Waals surface area contributed by atoms with Crippen LogP contribution >= 0.6 is 0 Å². The molecule has 2 nitrogen and oxygen atoms in total. The summed E-state index contributed by atoms with van der Waals surface area (Å²) in [7, 11) is 1.68. The molecule has 112 valence electrons. The molecule has 2 unspecified atom stereocenters. The third-order valence-electron chi connectivity index (χ3n) is 3.74. The maximum atomic E-state index is 13.0. The van der Waals surface area contributed by atoms with E-state index in [0.717, 1.165) is 23.3 Å². The Hall–Kier alpha value is -1.87. The second-order valence-corrected chi connectivity index (χ2v) is 5.14. The molecular formula is C18H22FNO. The van der Waals surface area contributed by atoms with Gasteiger partial charge in [-0.25, -0.2) is 4.39 Å². The van der Waals surface area contributed by atoms with Gasteiger partial charge in [0.05, 0.1) is 7.11 Å². The Morgan fingerprint density at radius 2 is 1.76 bits per heavy atom. The number of rotatable bonds is 6. The Labute approximate surface area is 126 Å². The molecule has 0 fully saturated rings. The molecule has 1 N–H and O–H groups in total. The van der Waals surface area contributed by atoms with Crippen LogP contribution in [0.3, 0.4) is 0 Å². The summed E-state index contributed by atoms with van der Waals surface area (Å²) < 4.78 is 18.5. The van der Waals surface area contributed by atoms with Gasteiger partial charge >= 0.3 is 0 Å². The van der Waals surface area contributed by atoms with Crippen molar-refractivity contribution in [1.82, 2.24) is 5.32 Å². The van der Waals surface area contributed by atoms with E-state index in [2.05, 4.69) is 25.2 Å². The summed E-state index contributed by atoms with van der Waals surface area (Å²) >= 11 is 0. The van der Waals surface area contributed by atoms with Crippen LogP contribution in [0, 0.1) is 5.82 Å². The third-order valence-corrected chi connectivity index (χ3v) is 3.74. The molecule has 2 aromatic rings. The molecule has 0 aliphatic rings. The van der Waals surface area contributed by atoms with Gasteiger partial charge in [-0.05, 0) is 37.1 Å². The lowest BCUT2D eigenvalue weighted by Crippen LogP contribution is -2.24. The molecule has 2 rings (SSSR count). The molecule has 0 aromatic heterocycles. The normalized spacial score (nSPS) is 13.7. The number of halogens is 1. The minimum Gasteiger partial charge on any atom is -0.496 e. The summed E-state index contributed by atoms with van der Waals surface area (Å²) in [6, 6.07) is 15.0. The summed E-state index contributed by atoms with van der Waals surface area (Å²) in [5.74, 6) is 0.679. The van der Waals surface area contributed by atoms with E-state index in [0.29, 0.717) is 0 Å². The predicted octanol–water partition coefficient (Wildman–Crippen LogP) is 4.64. The third kappa shape index (κ3) is 3.82. The fourth-order valence-corrected chi connectivity index (χ4v) is 2.56. The van der Waals surface area contributed by atoms with Gasteiger partial charge in [-0.2, -0.15) is 0 Å². The van der Waals surface area contributed by atoms with Gasteiger partial charge in [0, 0.05) is 17.6 Å². The van der Waals surface area contributed by atoms with Gasteiger partial charge in [-0.1, -0.05) is 37.3 Å². The van der Waals surface area contributed by atoms with E-state index in [1.807, 2.05) is 30.3 Å². The van der Waals surface area contributed by atoms with E-state index in [1.165, 1.54) is 12.1 Å². The molecule has 0 spiro atoms. The Balaban J connectivity index is 2.16. The molecule has 0 aliphatic heterocycles. The Morgan fingerprint density at radius 3 is 2.38 bits per heavy atom. The Bertz CT molecular complexity index is 568. The van der Waals surface area contributed by atoms with Crippen LogP contribution in [0.15, 0.2) is 48.5 Å². The summed E-state index contributed by atoms with van der Waals surface area (Å²) in [4.78, 5) is 0. The van der Waals surface area contributed by atoms with E-state index in [1.54, 1.807) is 7.11 Å². The highest BCUT2D eigenvalue weighted by molar-refractivity contribution is 5.35. The van der Waals surface area contributed by atoms with Gasteiger partial charge in [0.2, 0.25) is 0 Å². The lowest BCUT2D eigenvalue weighted by molar-refractivity contribution is 0.392. The van der Waals surface area contributed by atoms with Gasteiger partial charge in [-0.15, -0.1) is 0 Å². The number of para-hydroxylation sites is 1. The second-order valence-electron chi connectivity index (χ2n) is 5.14. The minimum atomic E-state index is -0.202. The maximum Gasteiger partial charge on any atom is 0.123 e. The lowest BCUT2D eigenvalue weighted by atomic mass is 10.0. The molecule has 0 radical (unpaired) electrons. The van der Waals surface area contributed by atoms with Crippen LogP contribution < -0.4 is 10.1 Å². The average Bonchev–Trinajstić information content (AvgIpc) is 2.53. The van der Waals surface area contributed by atoms with Crippen LogP contribution in [0.2, 0.25) is 0 Å². The number of benzene rings is 2. The first kappa shape index (κ1) is 15.5. The van der Waals surface area contributed by atoms with Crippen LogP contribution in [0.5, 0.6) is 5.75 Å². The first-order chi connectivity index (χ1) is 10.2. The zero-order valence-corrected chi connectivity index (χ0v) is 12.8. The van der Waals surface area contributed by atoms with E-state index in [4.69, 9.17) is 4.74 Å². The van der Waals surface area contributed by atoms with Crippen molar-refractivity contribution in [2.45, 2.75) is 32.4 Å². The lowest BCUT2D eigenvalue weighted by Gasteiger charge is -2.24. The molecule has 21 heavy (non-hydrogen) atoms. The number of nitrogens with one attached hydrogen (secondary N) is 1. The molecule has 2 atom stereocenters. The maximum absolute atomic E-state index is 13.0. The van der Waals surface area contributed by atoms with Gasteiger partial charge in [0.1, 0.15) is 11.6 Å². The molecule has 2 aromatic carbocycles. The van der Waals surface area contributed by atoms with E-state index < -0.39 is 0 Å². The van der Waals surface area contributed by atoms with Crippen molar-refractivity contribution in [3.8, 4) is 5.75 Å². The van der Waals surface area contributed by atoms with Gasteiger partial charge in [-0.3, -0.25) is 0 Å². The molecule has 3 heteroatoms. The molecule has 0 saturated carbocycles.